The van der Waals surface area contributed by atoms with Gasteiger partial charge in [-0.15, -0.1) is 11.3 Å². The van der Waals surface area contributed by atoms with Gasteiger partial charge in [0.05, 0.1) is 4.88 Å². The fraction of sp³-hybridized carbons (Fsp3) is 0.222. The minimum atomic E-state index is -0.208. The van der Waals surface area contributed by atoms with Crippen LogP contribution in [-0.2, 0) is 17.8 Å². The molecule has 0 radical (unpaired) electrons. The number of anilines is 1. The molecule has 0 aliphatic rings. The highest BCUT2D eigenvalue weighted by atomic mass is 32.1. The van der Waals surface area contributed by atoms with Crippen LogP contribution in [-0.4, -0.2) is 26.5 Å². The Morgan fingerprint density at radius 3 is 2.80 bits per heavy atom. The number of carbonyl (C=O) groups is 2. The van der Waals surface area contributed by atoms with Crippen LogP contribution in [0.3, 0.4) is 0 Å². The monoisotopic (exact) mass is 354 g/mol. The van der Waals surface area contributed by atoms with E-state index < -0.39 is 0 Å². The lowest BCUT2D eigenvalue weighted by Crippen LogP contribution is -2.14. The molecule has 3 aromatic rings. The maximum atomic E-state index is 12.0. The topological polar surface area (TPSA) is 76.9 Å². The molecule has 1 N–H and O–H groups in total. The SMILES string of the molecule is O=C(CCC(=O)c1cccs1)Nc1ccn(CCc2ccccn2)n1. The van der Waals surface area contributed by atoms with E-state index in [9.17, 15) is 9.59 Å². The number of aryl methyl sites for hydroxylation is 2. The Bertz CT molecular complexity index is 828. The van der Waals surface area contributed by atoms with Gasteiger partial charge in [0, 0.05) is 50.0 Å². The molecule has 0 aromatic carbocycles. The molecule has 0 saturated carbocycles. The molecule has 0 bridgehead atoms. The molecule has 0 atom stereocenters. The number of aromatic nitrogens is 3. The van der Waals surface area contributed by atoms with Gasteiger partial charge in [0.1, 0.15) is 0 Å². The molecule has 128 valence electrons. The first-order chi connectivity index (χ1) is 12.2. The minimum Gasteiger partial charge on any atom is -0.309 e. The molecule has 7 heteroatoms. The summed E-state index contributed by atoms with van der Waals surface area (Å²) in [6.07, 6.45) is 4.70. The Balaban J connectivity index is 1.44. The Morgan fingerprint density at radius 1 is 1.12 bits per heavy atom. The third-order valence-electron chi connectivity index (χ3n) is 3.61. The molecular formula is C18H18N4O2S. The summed E-state index contributed by atoms with van der Waals surface area (Å²) in [4.78, 5) is 28.8. The van der Waals surface area contributed by atoms with Crippen molar-refractivity contribution >= 4 is 28.8 Å². The Hall–Kier alpha value is -2.80. The van der Waals surface area contributed by atoms with Crippen molar-refractivity contribution in [1.29, 1.82) is 0 Å². The predicted octanol–water partition coefficient (Wildman–Crippen LogP) is 3.18. The molecule has 3 rings (SSSR count). The van der Waals surface area contributed by atoms with Gasteiger partial charge in [-0.2, -0.15) is 5.10 Å². The lowest BCUT2D eigenvalue weighted by atomic mass is 10.2. The van der Waals surface area contributed by atoms with E-state index in [0.29, 0.717) is 17.2 Å². The lowest BCUT2D eigenvalue weighted by Gasteiger charge is -2.03. The molecule has 6 nitrogen and oxygen atoms in total. The number of hydrogen-bond acceptors (Lipinski definition) is 5. The number of nitrogens with zero attached hydrogens (tertiary/aromatic N) is 3. The van der Waals surface area contributed by atoms with Gasteiger partial charge in [-0.1, -0.05) is 12.1 Å². The van der Waals surface area contributed by atoms with Gasteiger partial charge >= 0.3 is 0 Å². The number of carbonyl (C=O) groups excluding carboxylic acids is 2. The summed E-state index contributed by atoms with van der Waals surface area (Å²) in [5.41, 5.74) is 0.996. The normalized spacial score (nSPS) is 10.6. The highest BCUT2D eigenvalue weighted by Gasteiger charge is 2.11. The molecule has 0 saturated heterocycles. The molecule has 0 unspecified atom stereocenters. The first-order valence-electron chi connectivity index (χ1n) is 8.00. The van der Waals surface area contributed by atoms with E-state index in [4.69, 9.17) is 0 Å². The maximum Gasteiger partial charge on any atom is 0.226 e. The van der Waals surface area contributed by atoms with E-state index in [1.807, 2.05) is 35.8 Å². The second-order valence-electron chi connectivity index (χ2n) is 5.48. The van der Waals surface area contributed by atoms with Crippen molar-refractivity contribution in [3.63, 3.8) is 0 Å². The van der Waals surface area contributed by atoms with Gasteiger partial charge in [0.15, 0.2) is 11.6 Å². The first-order valence-corrected chi connectivity index (χ1v) is 8.88. The maximum absolute atomic E-state index is 12.0. The minimum absolute atomic E-state index is 0.00830. The van der Waals surface area contributed by atoms with Gasteiger partial charge in [-0.3, -0.25) is 19.3 Å². The average Bonchev–Trinajstić information content (AvgIpc) is 3.31. The van der Waals surface area contributed by atoms with Crippen LogP contribution < -0.4 is 5.32 Å². The number of amides is 1. The highest BCUT2D eigenvalue weighted by Crippen LogP contribution is 2.13. The van der Waals surface area contributed by atoms with E-state index in [2.05, 4.69) is 15.4 Å². The summed E-state index contributed by atoms with van der Waals surface area (Å²) in [6.45, 7) is 0.684. The van der Waals surface area contributed by atoms with Crippen molar-refractivity contribution < 1.29 is 9.59 Å². The number of rotatable bonds is 8. The summed E-state index contributed by atoms with van der Waals surface area (Å²) < 4.78 is 1.76. The number of thiophene rings is 1. The van der Waals surface area contributed by atoms with E-state index in [1.54, 1.807) is 23.0 Å². The van der Waals surface area contributed by atoms with Gasteiger partial charge in [0.2, 0.25) is 5.91 Å². The van der Waals surface area contributed by atoms with E-state index in [-0.39, 0.29) is 24.5 Å². The first kappa shape index (κ1) is 17.0. The van der Waals surface area contributed by atoms with Crippen molar-refractivity contribution in [3.05, 3.63) is 64.7 Å². The molecule has 3 aromatic heterocycles. The quantitative estimate of drug-likeness (QED) is 0.630. The Labute approximate surface area is 149 Å². The Morgan fingerprint density at radius 2 is 2.04 bits per heavy atom. The summed E-state index contributed by atoms with van der Waals surface area (Å²) in [5, 5.41) is 8.89. The smallest absolute Gasteiger partial charge is 0.226 e. The zero-order chi connectivity index (χ0) is 17.5. The van der Waals surface area contributed by atoms with Crippen LogP contribution in [0.15, 0.2) is 54.2 Å². The van der Waals surface area contributed by atoms with Crippen molar-refractivity contribution in [2.24, 2.45) is 0 Å². The van der Waals surface area contributed by atoms with Crippen molar-refractivity contribution in [2.75, 3.05) is 5.32 Å². The average molecular weight is 354 g/mol. The lowest BCUT2D eigenvalue weighted by molar-refractivity contribution is -0.116. The second kappa shape index (κ2) is 8.34. The van der Waals surface area contributed by atoms with Gasteiger partial charge < -0.3 is 5.32 Å². The number of Topliss-reactive ketones (excluding diaryl/α,β-unsaturated/α-hetero) is 1. The van der Waals surface area contributed by atoms with E-state index >= 15 is 0 Å². The largest absolute Gasteiger partial charge is 0.309 e. The van der Waals surface area contributed by atoms with Crippen LogP contribution in [0.5, 0.6) is 0 Å². The number of ketones is 1. The molecule has 0 spiro atoms. The summed E-state index contributed by atoms with van der Waals surface area (Å²) in [7, 11) is 0. The van der Waals surface area contributed by atoms with Crippen molar-refractivity contribution in [2.45, 2.75) is 25.8 Å². The van der Waals surface area contributed by atoms with Gasteiger partial charge in [-0.25, -0.2) is 0 Å². The van der Waals surface area contributed by atoms with Crippen molar-refractivity contribution in [3.8, 4) is 0 Å². The zero-order valence-electron chi connectivity index (χ0n) is 13.6. The number of pyridine rings is 1. The van der Waals surface area contributed by atoms with Gasteiger partial charge in [-0.05, 0) is 23.6 Å². The van der Waals surface area contributed by atoms with E-state index in [0.717, 1.165) is 12.1 Å². The van der Waals surface area contributed by atoms with E-state index in [1.165, 1.54) is 11.3 Å². The third kappa shape index (κ3) is 5.09. The summed E-state index contributed by atoms with van der Waals surface area (Å²) in [5.74, 6) is 0.278. The fourth-order valence-electron chi connectivity index (χ4n) is 2.32. The molecule has 0 aliphatic carbocycles. The van der Waals surface area contributed by atoms with Crippen LogP contribution in [0, 0.1) is 0 Å². The van der Waals surface area contributed by atoms with Crippen LogP contribution in [0.2, 0.25) is 0 Å². The van der Waals surface area contributed by atoms with Crippen LogP contribution in [0.4, 0.5) is 5.82 Å². The number of nitrogens with one attached hydrogen (secondary N) is 1. The molecule has 3 heterocycles. The Kier molecular flexibility index (Phi) is 5.69. The predicted molar refractivity (Wildman–Crippen MR) is 96.7 cm³/mol. The van der Waals surface area contributed by atoms with Crippen LogP contribution >= 0.6 is 11.3 Å². The second-order valence-corrected chi connectivity index (χ2v) is 6.43. The van der Waals surface area contributed by atoms with Crippen LogP contribution in [0.1, 0.15) is 28.2 Å². The summed E-state index contributed by atoms with van der Waals surface area (Å²) >= 11 is 1.39. The summed E-state index contributed by atoms with van der Waals surface area (Å²) in [6, 6.07) is 11.2. The zero-order valence-corrected chi connectivity index (χ0v) is 14.4. The van der Waals surface area contributed by atoms with Crippen molar-refractivity contribution in [1.82, 2.24) is 14.8 Å². The molecule has 1 amide bonds. The standard InChI is InChI=1S/C18H18N4O2S/c23-15(16-5-3-13-25-16)6-7-18(24)20-17-9-12-22(21-17)11-8-14-4-1-2-10-19-14/h1-5,9-10,12-13H,6-8,11H2,(H,20,21,24). The molecule has 0 aliphatic heterocycles. The molecule has 25 heavy (non-hydrogen) atoms. The fourth-order valence-corrected chi connectivity index (χ4v) is 3.02. The molecular weight excluding hydrogens is 336 g/mol. The number of hydrogen-bond donors (Lipinski definition) is 1. The third-order valence-corrected chi connectivity index (χ3v) is 4.52. The van der Waals surface area contributed by atoms with Crippen LogP contribution in [0.25, 0.3) is 0 Å². The van der Waals surface area contributed by atoms with Gasteiger partial charge in [0.25, 0.3) is 0 Å². The molecule has 0 fully saturated rings. The highest BCUT2D eigenvalue weighted by molar-refractivity contribution is 7.12.